The first-order valence-corrected chi connectivity index (χ1v) is 5.17. The maximum absolute atomic E-state index is 11.9. The van der Waals surface area contributed by atoms with Gasteiger partial charge in [0.1, 0.15) is 0 Å². The summed E-state index contributed by atoms with van der Waals surface area (Å²) in [4.78, 5) is 0. The lowest BCUT2D eigenvalue weighted by Crippen LogP contribution is -2.14. The highest BCUT2D eigenvalue weighted by Crippen LogP contribution is 2.19. The fourth-order valence-electron chi connectivity index (χ4n) is 1.16. The highest BCUT2D eigenvalue weighted by Gasteiger charge is 2.26. The van der Waals surface area contributed by atoms with E-state index in [4.69, 9.17) is 0 Å². The van der Waals surface area contributed by atoms with E-state index in [0.29, 0.717) is 12.2 Å². The van der Waals surface area contributed by atoms with E-state index >= 15 is 0 Å². The van der Waals surface area contributed by atoms with E-state index in [9.17, 15) is 13.2 Å². The number of aromatic nitrogens is 3. The van der Waals surface area contributed by atoms with Gasteiger partial charge in [-0.05, 0) is 13.0 Å². The summed E-state index contributed by atoms with van der Waals surface area (Å²) in [6.45, 7) is 3.26. The molecule has 0 aliphatic heterocycles. The van der Waals surface area contributed by atoms with Crippen LogP contribution < -0.4 is 5.32 Å². The van der Waals surface area contributed by atoms with Gasteiger partial charge in [-0.3, -0.25) is 4.68 Å². The van der Waals surface area contributed by atoms with E-state index in [0.717, 1.165) is 13.0 Å². The molecule has 0 spiro atoms. The minimum Gasteiger partial charge on any atom is -0.311 e. The monoisotopic (exact) mass is 236 g/mol. The molecular formula is C9H15F3N4. The van der Waals surface area contributed by atoms with E-state index in [1.54, 1.807) is 0 Å². The topological polar surface area (TPSA) is 42.7 Å². The number of nitrogens with one attached hydrogen (secondary N) is 1. The van der Waals surface area contributed by atoms with Crippen LogP contribution in [-0.2, 0) is 13.1 Å². The molecule has 1 rings (SSSR count). The van der Waals surface area contributed by atoms with Crippen LogP contribution in [-0.4, -0.2) is 27.7 Å². The Labute approximate surface area is 91.8 Å². The zero-order valence-corrected chi connectivity index (χ0v) is 9.09. The molecule has 1 N–H and O–H groups in total. The zero-order chi connectivity index (χ0) is 12.0. The second-order valence-electron chi connectivity index (χ2n) is 3.51. The molecule has 7 heteroatoms. The van der Waals surface area contributed by atoms with Crippen molar-refractivity contribution < 1.29 is 13.2 Å². The first-order valence-electron chi connectivity index (χ1n) is 5.17. The van der Waals surface area contributed by atoms with Crippen LogP contribution >= 0.6 is 0 Å². The third-order valence-corrected chi connectivity index (χ3v) is 1.94. The van der Waals surface area contributed by atoms with Gasteiger partial charge in [0.25, 0.3) is 0 Å². The quantitative estimate of drug-likeness (QED) is 0.765. The van der Waals surface area contributed by atoms with Crippen molar-refractivity contribution in [2.45, 2.75) is 39.0 Å². The largest absolute Gasteiger partial charge is 0.390 e. The van der Waals surface area contributed by atoms with Crippen LogP contribution in [0.1, 0.15) is 25.5 Å². The average molecular weight is 236 g/mol. The molecule has 1 heterocycles. The van der Waals surface area contributed by atoms with Gasteiger partial charge in [0.2, 0.25) is 0 Å². The number of alkyl halides is 3. The summed E-state index contributed by atoms with van der Waals surface area (Å²) in [6, 6.07) is 0. The second-order valence-corrected chi connectivity index (χ2v) is 3.51. The molecular weight excluding hydrogens is 221 g/mol. The van der Waals surface area contributed by atoms with E-state index in [1.807, 2.05) is 6.92 Å². The molecule has 0 aliphatic rings. The molecule has 1 aromatic heterocycles. The van der Waals surface area contributed by atoms with Gasteiger partial charge in [-0.25, -0.2) is 0 Å². The third kappa shape index (κ3) is 5.11. The Kier molecular flexibility index (Phi) is 4.72. The lowest BCUT2D eigenvalue weighted by molar-refractivity contribution is -0.137. The van der Waals surface area contributed by atoms with Gasteiger partial charge in [0.15, 0.2) is 0 Å². The van der Waals surface area contributed by atoms with E-state index < -0.39 is 12.6 Å². The minimum atomic E-state index is -4.15. The molecule has 92 valence electrons. The van der Waals surface area contributed by atoms with Gasteiger partial charge in [0, 0.05) is 12.7 Å². The van der Waals surface area contributed by atoms with Crippen molar-refractivity contribution in [3.05, 3.63) is 11.9 Å². The number of aryl methyl sites for hydroxylation is 1. The molecule has 0 saturated heterocycles. The van der Waals surface area contributed by atoms with Gasteiger partial charge >= 0.3 is 6.18 Å². The Hall–Kier alpha value is -1.11. The van der Waals surface area contributed by atoms with Crippen molar-refractivity contribution in [2.24, 2.45) is 0 Å². The van der Waals surface area contributed by atoms with Crippen molar-refractivity contribution in [1.82, 2.24) is 20.3 Å². The summed E-state index contributed by atoms with van der Waals surface area (Å²) in [5, 5.41) is 10.5. The van der Waals surface area contributed by atoms with E-state index in [-0.39, 0.29) is 6.54 Å². The van der Waals surface area contributed by atoms with Gasteiger partial charge < -0.3 is 5.32 Å². The lowest BCUT2D eigenvalue weighted by atomic mass is 10.4. The molecule has 1 aromatic rings. The highest BCUT2D eigenvalue weighted by atomic mass is 19.4. The fourth-order valence-corrected chi connectivity index (χ4v) is 1.16. The predicted octanol–water partition coefficient (Wildman–Crippen LogP) is 1.73. The molecule has 0 amide bonds. The maximum Gasteiger partial charge on any atom is 0.390 e. The lowest BCUT2D eigenvalue weighted by Gasteiger charge is -2.04. The molecule has 0 unspecified atom stereocenters. The molecule has 0 bridgehead atoms. The van der Waals surface area contributed by atoms with Crippen LogP contribution in [0.3, 0.4) is 0 Å². The van der Waals surface area contributed by atoms with Crippen molar-refractivity contribution in [2.75, 3.05) is 6.54 Å². The zero-order valence-electron chi connectivity index (χ0n) is 9.09. The van der Waals surface area contributed by atoms with Gasteiger partial charge in [0.05, 0.1) is 18.7 Å². The molecule has 16 heavy (non-hydrogen) atoms. The van der Waals surface area contributed by atoms with Crippen LogP contribution in [0, 0.1) is 0 Å². The molecule has 0 fully saturated rings. The summed E-state index contributed by atoms with van der Waals surface area (Å²) in [6.07, 6.45) is -2.48. The van der Waals surface area contributed by atoms with Gasteiger partial charge in [-0.15, -0.1) is 5.10 Å². The summed E-state index contributed by atoms with van der Waals surface area (Å²) in [7, 11) is 0. The van der Waals surface area contributed by atoms with Crippen molar-refractivity contribution >= 4 is 0 Å². The molecule has 4 nitrogen and oxygen atoms in total. The first kappa shape index (κ1) is 13.0. The minimum absolute atomic E-state index is 0.176. The van der Waals surface area contributed by atoms with Gasteiger partial charge in [-0.1, -0.05) is 12.1 Å². The summed E-state index contributed by atoms with van der Waals surface area (Å²) in [5.41, 5.74) is 0.663. The Balaban J connectivity index is 2.33. The fraction of sp³-hybridized carbons (Fsp3) is 0.778. The van der Waals surface area contributed by atoms with Crippen LogP contribution in [0.2, 0.25) is 0 Å². The van der Waals surface area contributed by atoms with Gasteiger partial charge in [-0.2, -0.15) is 13.2 Å². The number of hydrogen-bond donors (Lipinski definition) is 1. The van der Waals surface area contributed by atoms with Crippen LogP contribution in [0.15, 0.2) is 6.20 Å². The number of nitrogens with zero attached hydrogens (tertiary/aromatic N) is 3. The molecule has 0 saturated carbocycles. The third-order valence-electron chi connectivity index (χ3n) is 1.94. The predicted molar refractivity (Wildman–Crippen MR) is 52.7 cm³/mol. The standard InChI is InChI=1S/C9H15F3N4/c1-2-4-13-6-8-7-16(15-14-8)5-3-9(10,11)12/h7,13H,2-6H2,1H3. The molecule has 0 atom stereocenters. The molecule has 0 radical (unpaired) electrons. The first-order chi connectivity index (χ1) is 7.51. The SMILES string of the molecule is CCCNCc1cn(CCC(F)(F)F)nn1. The average Bonchev–Trinajstić information content (AvgIpc) is 2.62. The molecule has 0 aromatic carbocycles. The Morgan fingerprint density at radius 1 is 1.44 bits per heavy atom. The summed E-state index contributed by atoms with van der Waals surface area (Å²) < 4.78 is 37.0. The van der Waals surface area contributed by atoms with Crippen LogP contribution in [0.4, 0.5) is 13.2 Å². The molecule has 0 aliphatic carbocycles. The highest BCUT2D eigenvalue weighted by molar-refractivity contribution is 4.91. The van der Waals surface area contributed by atoms with Crippen LogP contribution in [0.5, 0.6) is 0 Å². The van der Waals surface area contributed by atoms with Crippen molar-refractivity contribution in [3.63, 3.8) is 0 Å². The van der Waals surface area contributed by atoms with Crippen molar-refractivity contribution in [3.8, 4) is 0 Å². The Bertz CT molecular complexity index is 308. The second kappa shape index (κ2) is 5.83. The summed E-state index contributed by atoms with van der Waals surface area (Å²) >= 11 is 0. The number of hydrogen-bond acceptors (Lipinski definition) is 3. The summed E-state index contributed by atoms with van der Waals surface area (Å²) in [5.74, 6) is 0. The van der Waals surface area contributed by atoms with E-state index in [1.165, 1.54) is 10.9 Å². The van der Waals surface area contributed by atoms with E-state index in [2.05, 4.69) is 15.6 Å². The Morgan fingerprint density at radius 3 is 2.81 bits per heavy atom. The Morgan fingerprint density at radius 2 is 2.19 bits per heavy atom. The van der Waals surface area contributed by atoms with Crippen molar-refractivity contribution in [1.29, 1.82) is 0 Å². The number of rotatable bonds is 6. The maximum atomic E-state index is 11.9. The smallest absolute Gasteiger partial charge is 0.311 e. The number of halogens is 3. The normalized spacial score (nSPS) is 12.0. The van der Waals surface area contributed by atoms with Crippen LogP contribution in [0.25, 0.3) is 0 Å².